The number of hydrogen-bond donors (Lipinski definition) is 3. The first-order valence-corrected chi connectivity index (χ1v) is 8.40. The lowest BCUT2D eigenvalue weighted by Gasteiger charge is -2.17. The predicted octanol–water partition coefficient (Wildman–Crippen LogP) is 0.825. The summed E-state index contributed by atoms with van der Waals surface area (Å²) in [6.07, 6.45) is -1.49. The zero-order valence-electron chi connectivity index (χ0n) is 11.6. The van der Waals surface area contributed by atoms with E-state index in [-0.39, 0.29) is 18.1 Å². The maximum atomic E-state index is 11.5. The average Bonchev–Trinajstić information content (AvgIpc) is 2.62. The number of rotatable bonds is 4. The van der Waals surface area contributed by atoms with Gasteiger partial charge < -0.3 is 15.2 Å². The van der Waals surface area contributed by atoms with Crippen LogP contribution in [0.3, 0.4) is 0 Å². The van der Waals surface area contributed by atoms with Gasteiger partial charge >= 0.3 is 6.09 Å². The summed E-state index contributed by atoms with van der Waals surface area (Å²) < 4.78 is 27.7. The second-order valence-electron chi connectivity index (χ2n) is 4.82. The van der Waals surface area contributed by atoms with Gasteiger partial charge in [-0.1, -0.05) is 6.07 Å². The van der Waals surface area contributed by atoms with Crippen LogP contribution >= 0.6 is 0 Å². The van der Waals surface area contributed by atoms with E-state index < -0.39 is 28.1 Å². The van der Waals surface area contributed by atoms with Gasteiger partial charge in [0.1, 0.15) is 0 Å². The molecule has 0 radical (unpaired) electrons. The molecule has 0 aromatic heterocycles. The van der Waals surface area contributed by atoms with Gasteiger partial charge in [-0.2, -0.15) is 0 Å². The highest BCUT2D eigenvalue weighted by atomic mass is 32.2. The van der Waals surface area contributed by atoms with Crippen LogP contribution in [0.2, 0.25) is 0 Å². The minimum atomic E-state index is -3.20. The van der Waals surface area contributed by atoms with Gasteiger partial charge in [0.25, 0.3) is 0 Å². The van der Waals surface area contributed by atoms with Crippen molar-refractivity contribution in [1.82, 2.24) is 0 Å². The fourth-order valence-electron chi connectivity index (χ4n) is 2.15. The lowest BCUT2D eigenvalue weighted by atomic mass is 10.2. The summed E-state index contributed by atoms with van der Waals surface area (Å²) in [6.45, 7) is 1.98. The SMILES string of the molecule is CCOC(=O)Nc1cccc(N[C@H]2CS(=O)(=O)C[C@H]2O)c1. The molecule has 1 aliphatic rings. The van der Waals surface area contributed by atoms with E-state index in [0.29, 0.717) is 11.4 Å². The van der Waals surface area contributed by atoms with Crippen LogP contribution in [0.25, 0.3) is 0 Å². The number of benzene rings is 1. The molecular formula is C13H18N2O5S. The summed E-state index contributed by atoms with van der Waals surface area (Å²) in [7, 11) is -3.20. The first-order valence-electron chi connectivity index (χ1n) is 6.58. The molecule has 0 saturated carbocycles. The number of carbonyl (C=O) groups excluding carboxylic acids is 1. The Kier molecular flexibility index (Phi) is 4.69. The van der Waals surface area contributed by atoms with Crippen molar-refractivity contribution in [1.29, 1.82) is 0 Å². The molecule has 1 aromatic carbocycles. The Balaban J connectivity index is 2.03. The monoisotopic (exact) mass is 314 g/mol. The Hall–Kier alpha value is -1.80. The molecule has 0 unspecified atom stereocenters. The molecule has 1 heterocycles. The van der Waals surface area contributed by atoms with Crippen LogP contribution in [0.1, 0.15) is 6.92 Å². The molecule has 1 fully saturated rings. The van der Waals surface area contributed by atoms with E-state index in [1.165, 1.54) is 0 Å². The van der Waals surface area contributed by atoms with Gasteiger partial charge in [-0.3, -0.25) is 5.32 Å². The number of ether oxygens (including phenoxy) is 1. The fraction of sp³-hybridized carbons (Fsp3) is 0.462. The molecule has 2 rings (SSSR count). The molecule has 3 N–H and O–H groups in total. The molecule has 1 aliphatic heterocycles. The Bertz CT molecular complexity index is 617. The maximum Gasteiger partial charge on any atom is 0.411 e. The van der Waals surface area contributed by atoms with Crippen LogP contribution < -0.4 is 10.6 Å². The molecule has 0 aliphatic carbocycles. The molecule has 1 aromatic rings. The van der Waals surface area contributed by atoms with Crippen molar-refractivity contribution in [2.24, 2.45) is 0 Å². The van der Waals surface area contributed by atoms with Crippen molar-refractivity contribution in [3.63, 3.8) is 0 Å². The molecule has 0 spiro atoms. The maximum absolute atomic E-state index is 11.5. The lowest BCUT2D eigenvalue weighted by Crippen LogP contribution is -2.31. The number of hydrogen-bond acceptors (Lipinski definition) is 6. The van der Waals surface area contributed by atoms with Crippen LogP contribution in [0, 0.1) is 0 Å². The highest BCUT2D eigenvalue weighted by molar-refractivity contribution is 7.91. The zero-order valence-corrected chi connectivity index (χ0v) is 12.4. The third-order valence-corrected chi connectivity index (χ3v) is 4.78. The molecule has 0 bridgehead atoms. The minimum absolute atomic E-state index is 0.107. The first-order chi connectivity index (χ1) is 9.89. The molecule has 7 nitrogen and oxygen atoms in total. The highest BCUT2D eigenvalue weighted by Crippen LogP contribution is 2.21. The zero-order chi connectivity index (χ0) is 15.5. The van der Waals surface area contributed by atoms with Crippen LogP contribution in [0.15, 0.2) is 24.3 Å². The van der Waals surface area contributed by atoms with Gasteiger partial charge in [-0.05, 0) is 25.1 Å². The van der Waals surface area contributed by atoms with Crippen molar-refractivity contribution >= 4 is 27.3 Å². The number of amides is 1. The van der Waals surface area contributed by atoms with Crippen LogP contribution in [-0.2, 0) is 14.6 Å². The number of aliphatic hydroxyl groups is 1. The van der Waals surface area contributed by atoms with Crippen LogP contribution in [0.4, 0.5) is 16.2 Å². The number of nitrogens with one attached hydrogen (secondary N) is 2. The third-order valence-electron chi connectivity index (χ3n) is 3.06. The third kappa shape index (κ3) is 4.33. The minimum Gasteiger partial charge on any atom is -0.450 e. The summed E-state index contributed by atoms with van der Waals surface area (Å²) in [4.78, 5) is 11.3. The van der Waals surface area contributed by atoms with Crippen molar-refractivity contribution in [2.45, 2.75) is 19.1 Å². The van der Waals surface area contributed by atoms with E-state index in [1.807, 2.05) is 0 Å². The van der Waals surface area contributed by atoms with E-state index in [0.717, 1.165) is 0 Å². The summed E-state index contributed by atoms with van der Waals surface area (Å²) in [5.74, 6) is -0.338. The van der Waals surface area contributed by atoms with Crippen molar-refractivity contribution in [2.75, 3.05) is 28.7 Å². The van der Waals surface area contributed by atoms with Gasteiger partial charge in [0.05, 0.1) is 30.3 Å². The number of aliphatic hydroxyl groups excluding tert-OH is 1. The predicted molar refractivity (Wildman–Crippen MR) is 79.2 cm³/mol. The second kappa shape index (κ2) is 6.31. The van der Waals surface area contributed by atoms with Gasteiger partial charge in [-0.25, -0.2) is 13.2 Å². The Morgan fingerprint density at radius 3 is 2.71 bits per heavy atom. The number of sulfone groups is 1. The first kappa shape index (κ1) is 15.6. The van der Waals surface area contributed by atoms with Crippen LogP contribution in [-0.4, -0.2) is 49.9 Å². The molecular weight excluding hydrogens is 296 g/mol. The normalized spacial score (nSPS) is 23.5. The molecule has 116 valence electrons. The van der Waals surface area contributed by atoms with Crippen LogP contribution in [0.5, 0.6) is 0 Å². The van der Waals surface area contributed by atoms with E-state index >= 15 is 0 Å². The van der Waals surface area contributed by atoms with E-state index in [1.54, 1.807) is 31.2 Å². The summed E-state index contributed by atoms with van der Waals surface area (Å²) in [5, 5.41) is 15.3. The molecule has 1 amide bonds. The van der Waals surface area contributed by atoms with Crippen molar-refractivity contribution < 1.29 is 23.1 Å². The standard InChI is InChI=1S/C13H18N2O5S/c1-2-20-13(17)15-10-5-3-4-9(6-10)14-11-7-21(18,19)8-12(11)16/h3-6,11-12,14,16H,2,7-8H2,1H3,(H,15,17)/t11-,12+/m0/s1. The van der Waals surface area contributed by atoms with Gasteiger partial charge in [0.15, 0.2) is 9.84 Å². The summed E-state index contributed by atoms with van der Waals surface area (Å²) in [6, 6.07) is 6.22. The molecule has 8 heteroatoms. The van der Waals surface area contributed by atoms with Crippen molar-refractivity contribution in [3.05, 3.63) is 24.3 Å². The highest BCUT2D eigenvalue weighted by Gasteiger charge is 2.36. The number of carbonyl (C=O) groups is 1. The Labute approximate surface area is 123 Å². The second-order valence-corrected chi connectivity index (χ2v) is 6.98. The molecule has 21 heavy (non-hydrogen) atoms. The molecule has 1 saturated heterocycles. The summed E-state index contributed by atoms with van der Waals surface area (Å²) in [5.41, 5.74) is 1.14. The van der Waals surface area contributed by atoms with Gasteiger partial charge in [0, 0.05) is 11.4 Å². The van der Waals surface area contributed by atoms with Gasteiger partial charge in [-0.15, -0.1) is 0 Å². The Morgan fingerprint density at radius 1 is 1.38 bits per heavy atom. The lowest BCUT2D eigenvalue weighted by molar-refractivity contribution is 0.168. The van der Waals surface area contributed by atoms with E-state index in [2.05, 4.69) is 10.6 Å². The summed E-state index contributed by atoms with van der Waals surface area (Å²) >= 11 is 0. The van der Waals surface area contributed by atoms with Crippen molar-refractivity contribution in [3.8, 4) is 0 Å². The number of anilines is 2. The fourth-order valence-corrected chi connectivity index (χ4v) is 3.89. The van der Waals surface area contributed by atoms with E-state index in [4.69, 9.17) is 4.74 Å². The quantitative estimate of drug-likeness (QED) is 0.760. The van der Waals surface area contributed by atoms with Gasteiger partial charge in [0.2, 0.25) is 0 Å². The Morgan fingerprint density at radius 2 is 2.10 bits per heavy atom. The topological polar surface area (TPSA) is 105 Å². The van der Waals surface area contributed by atoms with E-state index in [9.17, 15) is 18.3 Å². The molecule has 2 atom stereocenters. The largest absolute Gasteiger partial charge is 0.450 e. The smallest absolute Gasteiger partial charge is 0.411 e. The average molecular weight is 314 g/mol.